The fourth-order valence-corrected chi connectivity index (χ4v) is 2.37. The van der Waals surface area contributed by atoms with Crippen molar-refractivity contribution in [2.75, 3.05) is 44.9 Å². The molecule has 0 radical (unpaired) electrons. The van der Waals surface area contributed by atoms with Crippen LogP contribution in [-0.4, -0.2) is 51.5 Å². The number of halogens is 1. The second-order valence-electron chi connectivity index (χ2n) is 5.41. The molecule has 1 aliphatic heterocycles. The zero-order valence-corrected chi connectivity index (χ0v) is 15.1. The second kappa shape index (κ2) is 11.4. The third-order valence-corrected chi connectivity index (χ3v) is 3.78. The fourth-order valence-electron chi connectivity index (χ4n) is 2.37. The van der Waals surface area contributed by atoms with Crippen molar-refractivity contribution in [1.29, 1.82) is 0 Å². The molecular weight excluding hydrogens is 332 g/mol. The number of carbonyl (C=O) groups is 1. The van der Waals surface area contributed by atoms with Crippen LogP contribution in [0, 0.1) is 6.92 Å². The van der Waals surface area contributed by atoms with Crippen molar-refractivity contribution in [3.05, 3.63) is 29.3 Å². The quantitative estimate of drug-likeness (QED) is 0.695. The summed E-state index contributed by atoms with van der Waals surface area (Å²) in [6.07, 6.45) is 0. The van der Waals surface area contributed by atoms with Crippen LogP contribution in [-0.2, 0) is 25.6 Å². The van der Waals surface area contributed by atoms with Crippen LogP contribution in [0.2, 0.25) is 0 Å². The van der Waals surface area contributed by atoms with E-state index in [0.717, 1.165) is 16.8 Å². The normalized spacial score (nSPS) is 17.2. The van der Waals surface area contributed by atoms with E-state index in [4.69, 9.17) is 14.2 Å². The maximum absolute atomic E-state index is 12.3. The lowest BCUT2D eigenvalue weighted by molar-refractivity contribution is -0.120. The number of hydrogen-bond donors (Lipinski definition) is 2. The Balaban J connectivity index is 0.00000288. The fraction of sp³-hybridized carbons (Fsp3) is 0.588. The topological polar surface area (TPSA) is 68.8 Å². The molecule has 1 aromatic carbocycles. The van der Waals surface area contributed by atoms with Crippen molar-refractivity contribution < 1.29 is 19.0 Å². The van der Waals surface area contributed by atoms with Gasteiger partial charge >= 0.3 is 0 Å². The van der Waals surface area contributed by atoms with E-state index in [1.807, 2.05) is 32.0 Å². The Bertz CT molecular complexity index is 507. The van der Waals surface area contributed by atoms with Crippen molar-refractivity contribution in [1.82, 2.24) is 5.32 Å². The van der Waals surface area contributed by atoms with E-state index >= 15 is 0 Å². The van der Waals surface area contributed by atoms with Gasteiger partial charge in [-0.25, -0.2) is 0 Å². The maximum Gasteiger partial charge on any atom is 0.243 e. The molecule has 2 rings (SSSR count). The number of rotatable bonds is 8. The van der Waals surface area contributed by atoms with Crippen molar-refractivity contribution in [3.63, 3.8) is 0 Å². The molecule has 1 aromatic rings. The summed E-state index contributed by atoms with van der Waals surface area (Å²) in [5.74, 6) is -0.0674. The summed E-state index contributed by atoms with van der Waals surface area (Å²) in [7, 11) is 0. The minimum atomic E-state index is -0.297. The van der Waals surface area contributed by atoms with Gasteiger partial charge in [0, 0.05) is 18.8 Å². The van der Waals surface area contributed by atoms with Gasteiger partial charge in [0.05, 0.1) is 33.0 Å². The molecule has 136 valence electrons. The highest BCUT2D eigenvalue weighted by molar-refractivity contribution is 5.95. The highest BCUT2D eigenvalue weighted by atomic mass is 35.5. The van der Waals surface area contributed by atoms with Crippen molar-refractivity contribution >= 4 is 24.0 Å². The average Bonchev–Trinajstić information content (AvgIpc) is 2.58. The Morgan fingerprint density at radius 2 is 2.17 bits per heavy atom. The average molecular weight is 359 g/mol. The Morgan fingerprint density at radius 1 is 1.38 bits per heavy atom. The van der Waals surface area contributed by atoms with Crippen LogP contribution in [0.25, 0.3) is 0 Å². The molecule has 1 heterocycles. The molecule has 24 heavy (non-hydrogen) atoms. The molecule has 1 fully saturated rings. The zero-order valence-electron chi connectivity index (χ0n) is 14.3. The molecule has 0 bridgehead atoms. The summed E-state index contributed by atoms with van der Waals surface area (Å²) in [5.41, 5.74) is 2.90. The second-order valence-corrected chi connectivity index (χ2v) is 5.41. The predicted octanol–water partition coefficient (Wildman–Crippen LogP) is 1.90. The van der Waals surface area contributed by atoms with Gasteiger partial charge in [0.15, 0.2) is 0 Å². The number of morpholine rings is 1. The van der Waals surface area contributed by atoms with Crippen LogP contribution in [0.1, 0.15) is 18.1 Å². The van der Waals surface area contributed by atoms with E-state index < -0.39 is 0 Å². The molecule has 1 amide bonds. The van der Waals surface area contributed by atoms with Gasteiger partial charge in [0.1, 0.15) is 6.04 Å². The Kier molecular flexibility index (Phi) is 9.90. The van der Waals surface area contributed by atoms with Crippen LogP contribution in [0.15, 0.2) is 18.2 Å². The number of anilines is 1. The Morgan fingerprint density at radius 3 is 2.88 bits per heavy atom. The first kappa shape index (κ1) is 20.9. The van der Waals surface area contributed by atoms with Crippen molar-refractivity contribution in [2.45, 2.75) is 26.5 Å². The van der Waals surface area contributed by atoms with E-state index in [1.165, 1.54) is 0 Å². The highest BCUT2D eigenvalue weighted by Crippen LogP contribution is 2.20. The van der Waals surface area contributed by atoms with E-state index in [0.29, 0.717) is 46.2 Å². The standard InChI is InChI=1S/C17H26N2O4.ClH/c1-3-21-9-10-23-11-14-5-4-6-15(13(14)2)19-17(20)16-12-22-8-7-18-16;/h4-6,16,18H,3,7-12H2,1-2H3,(H,19,20);1H. The van der Waals surface area contributed by atoms with Gasteiger partial charge in [0.25, 0.3) is 0 Å². The molecule has 0 aliphatic carbocycles. The summed E-state index contributed by atoms with van der Waals surface area (Å²) >= 11 is 0. The summed E-state index contributed by atoms with van der Waals surface area (Å²) in [4.78, 5) is 12.3. The third-order valence-electron chi connectivity index (χ3n) is 3.78. The summed E-state index contributed by atoms with van der Waals surface area (Å²) in [5, 5.41) is 6.12. The lowest BCUT2D eigenvalue weighted by Gasteiger charge is -2.23. The van der Waals surface area contributed by atoms with Crippen LogP contribution in [0.5, 0.6) is 0 Å². The van der Waals surface area contributed by atoms with Gasteiger partial charge in [0.2, 0.25) is 5.91 Å². The van der Waals surface area contributed by atoms with E-state index in [9.17, 15) is 4.79 Å². The molecule has 7 heteroatoms. The lowest BCUT2D eigenvalue weighted by atomic mass is 10.1. The number of amides is 1. The molecule has 0 saturated carbocycles. The van der Waals surface area contributed by atoms with Crippen molar-refractivity contribution in [3.8, 4) is 0 Å². The van der Waals surface area contributed by atoms with E-state index in [2.05, 4.69) is 10.6 Å². The molecule has 0 spiro atoms. The Labute approximate surface area is 149 Å². The Hall–Kier alpha value is -1.18. The minimum Gasteiger partial charge on any atom is -0.379 e. The SMILES string of the molecule is CCOCCOCc1cccc(NC(=O)C2COCCN2)c1C.Cl. The lowest BCUT2D eigenvalue weighted by Crippen LogP contribution is -2.48. The minimum absolute atomic E-state index is 0. The van der Waals surface area contributed by atoms with Gasteiger partial charge in [-0.2, -0.15) is 0 Å². The molecule has 1 unspecified atom stereocenters. The molecule has 0 aromatic heterocycles. The van der Waals surface area contributed by atoms with Crippen LogP contribution < -0.4 is 10.6 Å². The number of benzene rings is 1. The van der Waals surface area contributed by atoms with Gasteiger partial charge in [-0.3, -0.25) is 4.79 Å². The van der Waals surface area contributed by atoms with Gasteiger partial charge in [-0.1, -0.05) is 12.1 Å². The van der Waals surface area contributed by atoms with E-state index in [-0.39, 0.29) is 24.4 Å². The smallest absolute Gasteiger partial charge is 0.243 e. The van der Waals surface area contributed by atoms with Crippen LogP contribution >= 0.6 is 12.4 Å². The maximum atomic E-state index is 12.3. The first-order valence-corrected chi connectivity index (χ1v) is 8.08. The molecule has 2 N–H and O–H groups in total. The summed E-state index contributed by atoms with van der Waals surface area (Å²) in [6, 6.07) is 5.54. The van der Waals surface area contributed by atoms with Crippen molar-refractivity contribution in [2.24, 2.45) is 0 Å². The van der Waals surface area contributed by atoms with Crippen LogP contribution in [0.4, 0.5) is 5.69 Å². The first-order chi connectivity index (χ1) is 11.2. The molecule has 6 nitrogen and oxygen atoms in total. The zero-order chi connectivity index (χ0) is 16.5. The predicted molar refractivity (Wildman–Crippen MR) is 95.8 cm³/mol. The van der Waals surface area contributed by atoms with Crippen LogP contribution in [0.3, 0.4) is 0 Å². The molecule has 1 aliphatic rings. The van der Waals surface area contributed by atoms with Gasteiger partial charge < -0.3 is 24.8 Å². The molecule has 1 saturated heterocycles. The van der Waals surface area contributed by atoms with Gasteiger partial charge in [-0.15, -0.1) is 12.4 Å². The summed E-state index contributed by atoms with van der Waals surface area (Å²) < 4.78 is 16.2. The summed E-state index contributed by atoms with van der Waals surface area (Å²) in [6.45, 7) is 8.07. The number of carbonyl (C=O) groups excluding carboxylic acids is 1. The number of ether oxygens (including phenoxy) is 3. The largest absolute Gasteiger partial charge is 0.379 e. The number of nitrogens with one attached hydrogen (secondary N) is 2. The number of hydrogen-bond acceptors (Lipinski definition) is 5. The van der Waals surface area contributed by atoms with E-state index in [1.54, 1.807) is 0 Å². The highest BCUT2D eigenvalue weighted by Gasteiger charge is 2.21. The molecule has 1 atom stereocenters. The monoisotopic (exact) mass is 358 g/mol. The van der Waals surface area contributed by atoms with Gasteiger partial charge in [-0.05, 0) is 31.0 Å². The first-order valence-electron chi connectivity index (χ1n) is 8.08. The third kappa shape index (κ3) is 6.37. The molecular formula is C17H27ClN2O4.